The molecule has 0 radical (unpaired) electrons. The number of hydrogen-bond acceptors (Lipinski definition) is 2. The fourth-order valence-electron chi connectivity index (χ4n) is 2.34. The van der Waals surface area contributed by atoms with Crippen molar-refractivity contribution in [2.45, 2.75) is 45.3 Å². The van der Waals surface area contributed by atoms with Crippen molar-refractivity contribution in [3.8, 4) is 0 Å². The fraction of sp³-hybridized carbons (Fsp3) is 0.533. The molecule has 0 bridgehead atoms. The Morgan fingerprint density at radius 3 is 2.53 bits per heavy atom. The van der Waals surface area contributed by atoms with Crippen LogP contribution in [-0.2, 0) is 4.74 Å². The number of likely N-dealkylation sites (tertiary alicyclic amines) is 1. The summed E-state index contributed by atoms with van der Waals surface area (Å²) in [5, 5.41) is 0. The number of nitrogens with zero attached hydrogens (tertiary/aromatic N) is 1. The lowest BCUT2D eigenvalue weighted by molar-refractivity contribution is 0.0224. The number of benzene rings is 1. The Morgan fingerprint density at radius 1 is 1.32 bits per heavy atom. The van der Waals surface area contributed by atoms with Gasteiger partial charge in [-0.15, -0.1) is 0 Å². The highest BCUT2D eigenvalue weighted by Crippen LogP contribution is 2.33. The number of ether oxygens (including phenoxy) is 1. The lowest BCUT2D eigenvalue weighted by Crippen LogP contribution is -2.36. The third kappa shape index (κ3) is 3.46. The molecule has 0 saturated carbocycles. The van der Waals surface area contributed by atoms with Gasteiger partial charge in [0.05, 0.1) is 6.04 Å². The van der Waals surface area contributed by atoms with Crippen LogP contribution in [0, 0.1) is 5.82 Å². The van der Waals surface area contributed by atoms with E-state index in [4.69, 9.17) is 4.74 Å². The summed E-state index contributed by atoms with van der Waals surface area (Å²) in [5.41, 5.74) is 0.470. The summed E-state index contributed by atoms with van der Waals surface area (Å²) in [6, 6.07) is 6.34. The molecule has 1 saturated heterocycles. The Labute approximate surface area is 113 Å². The third-order valence-corrected chi connectivity index (χ3v) is 3.14. The molecule has 2 rings (SSSR count). The highest BCUT2D eigenvalue weighted by Gasteiger charge is 2.32. The number of amides is 1. The molecule has 1 amide bonds. The maximum absolute atomic E-state index is 12.9. The predicted molar refractivity (Wildman–Crippen MR) is 71.3 cm³/mol. The van der Waals surface area contributed by atoms with E-state index in [0.29, 0.717) is 6.54 Å². The van der Waals surface area contributed by atoms with Gasteiger partial charge < -0.3 is 9.64 Å². The van der Waals surface area contributed by atoms with E-state index in [-0.39, 0.29) is 18.0 Å². The lowest BCUT2D eigenvalue weighted by atomic mass is 10.0. The minimum Gasteiger partial charge on any atom is -0.444 e. The van der Waals surface area contributed by atoms with Crippen molar-refractivity contribution in [3.63, 3.8) is 0 Å². The van der Waals surface area contributed by atoms with Gasteiger partial charge in [0.2, 0.25) is 0 Å². The molecular formula is C15H20FNO2. The Balaban J connectivity index is 2.12. The molecule has 1 aromatic rings. The molecule has 104 valence electrons. The molecule has 0 spiro atoms. The van der Waals surface area contributed by atoms with E-state index in [0.717, 1.165) is 18.4 Å². The van der Waals surface area contributed by atoms with Crippen LogP contribution < -0.4 is 0 Å². The summed E-state index contributed by atoms with van der Waals surface area (Å²) in [5.74, 6) is -0.259. The van der Waals surface area contributed by atoms with Gasteiger partial charge in [-0.1, -0.05) is 12.1 Å². The maximum Gasteiger partial charge on any atom is 0.410 e. The number of carbonyl (C=O) groups is 1. The zero-order valence-corrected chi connectivity index (χ0v) is 11.6. The monoisotopic (exact) mass is 265 g/mol. The quantitative estimate of drug-likeness (QED) is 0.770. The molecular weight excluding hydrogens is 245 g/mol. The van der Waals surface area contributed by atoms with Crippen molar-refractivity contribution >= 4 is 6.09 Å². The number of halogens is 1. The number of rotatable bonds is 1. The van der Waals surface area contributed by atoms with E-state index in [1.54, 1.807) is 17.0 Å². The van der Waals surface area contributed by atoms with Gasteiger partial charge in [-0.2, -0.15) is 0 Å². The zero-order valence-electron chi connectivity index (χ0n) is 11.6. The van der Waals surface area contributed by atoms with Crippen molar-refractivity contribution in [1.82, 2.24) is 4.90 Å². The molecule has 1 aliphatic heterocycles. The number of carbonyl (C=O) groups excluding carboxylic acids is 1. The van der Waals surface area contributed by atoms with E-state index >= 15 is 0 Å². The molecule has 4 heteroatoms. The number of hydrogen-bond donors (Lipinski definition) is 0. The van der Waals surface area contributed by atoms with Crippen LogP contribution in [0.4, 0.5) is 9.18 Å². The second-order valence-corrected chi connectivity index (χ2v) is 5.88. The molecule has 0 unspecified atom stereocenters. The standard InChI is InChI=1S/C15H20FNO2/c1-15(2,3)19-14(18)17-10-4-5-13(17)11-6-8-12(16)9-7-11/h6-9,13H,4-5,10H2,1-3H3/t13-/m0/s1. The summed E-state index contributed by atoms with van der Waals surface area (Å²) >= 11 is 0. The Morgan fingerprint density at radius 2 is 1.95 bits per heavy atom. The molecule has 1 aromatic carbocycles. The largest absolute Gasteiger partial charge is 0.444 e. The molecule has 3 nitrogen and oxygen atoms in total. The van der Waals surface area contributed by atoms with E-state index in [1.165, 1.54) is 12.1 Å². The SMILES string of the molecule is CC(C)(C)OC(=O)N1CCC[C@H]1c1ccc(F)cc1. The van der Waals surface area contributed by atoms with Crippen molar-refractivity contribution in [3.05, 3.63) is 35.6 Å². The summed E-state index contributed by atoms with van der Waals surface area (Å²) in [7, 11) is 0. The molecule has 0 aliphatic carbocycles. The van der Waals surface area contributed by atoms with Gasteiger partial charge in [0.15, 0.2) is 0 Å². The Hall–Kier alpha value is -1.58. The summed E-state index contributed by atoms with van der Waals surface area (Å²) in [4.78, 5) is 13.9. The minimum atomic E-state index is -0.493. The second-order valence-electron chi connectivity index (χ2n) is 5.88. The molecule has 1 fully saturated rings. The first-order valence-corrected chi connectivity index (χ1v) is 6.62. The normalized spacial score (nSPS) is 19.6. The van der Waals surface area contributed by atoms with Crippen LogP contribution in [0.2, 0.25) is 0 Å². The van der Waals surface area contributed by atoms with Gasteiger partial charge in [-0.3, -0.25) is 0 Å². The Kier molecular flexibility index (Phi) is 3.78. The lowest BCUT2D eigenvalue weighted by Gasteiger charge is -2.28. The average Bonchev–Trinajstić information content (AvgIpc) is 2.76. The summed E-state index contributed by atoms with van der Waals surface area (Å²) in [6.07, 6.45) is 1.55. The van der Waals surface area contributed by atoms with Gasteiger partial charge in [-0.25, -0.2) is 9.18 Å². The van der Waals surface area contributed by atoms with Crippen LogP contribution in [0.5, 0.6) is 0 Å². The van der Waals surface area contributed by atoms with Gasteiger partial charge in [0.25, 0.3) is 0 Å². The smallest absolute Gasteiger partial charge is 0.410 e. The van der Waals surface area contributed by atoms with Crippen LogP contribution >= 0.6 is 0 Å². The third-order valence-electron chi connectivity index (χ3n) is 3.14. The van der Waals surface area contributed by atoms with E-state index in [9.17, 15) is 9.18 Å². The molecule has 1 atom stereocenters. The van der Waals surface area contributed by atoms with Crippen LogP contribution in [-0.4, -0.2) is 23.1 Å². The first-order chi connectivity index (χ1) is 8.87. The van der Waals surface area contributed by atoms with Gasteiger partial charge in [0, 0.05) is 6.54 Å². The van der Waals surface area contributed by atoms with Crippen LogP contribution in [0.15, 0.2) is 24.3 Å². The zero-order chi connectivity index (χ0) is 14.0. The van der Waals surface area contributed by atoms with Crippen molar-refractivity contribution in [2.24, 2.45) is 0 Å². The van der Waals surface area contributed by atoms with Crippen molar-refractivity contribution < 1.29 is 13.9 Å². The molecule has 0 N–H and O–H groups in total. The fourth-order valence-corrected chi connectivity index (χ4v) is 2.34. The van der Waals surface area contributed by atoms with E-state index in [2.05, 4.69) is 0 Å². The maximum atomic E-state index is 12.9. The van der Waals surface area contributed by atoms with Gasteiger partial charge >= 0.3 is 6.09 Å². The first-order valence-electron chi connectivity index (χ1n) is 6.62. The Bertz CT molecular complexity index is 450. The van der Waals surface area contributed by atoms with Crippen LogP contribution in [0.3, 0.4) is 0 Å². The minimum absolute atomic E-state index is 0.00421. The van der Waals surface area contributed by atoms with Crippen LogP contribution in [0.1, 0.15) is 45.2 Å². The molecule has 0 aromatic heterocycles. The second kappa shape index (κ2) is 5.19. The summed E-state index contributed by atoms with van der Waals surface area (Å²) < 4.78 is 18.4. The molecule has 19 heavy (non-hydrogen) atoms. The van der Waals surface area contributed by atoms with Gasteiger partial charge in [0.1, 0.15) is 11.4 Å². The van der Waals surface area contributed by atoms with Crippen molar-refractivity contribution in [2.75, 3.05) is 6.54 Å². The predicted octanol–water partition coefficient (Wildman–Crippen LogP) is 3.90. The van der Waals surface area contributed by atoms with E-state index in [1.807, 2.05) is 20.8 Å². The highest BCUT2D eigenvalue weighted by atomic mass is 19.1. The van der Waals surface area contributed by atoms with E-state index < -0.39 is 5.60 Å². The van der Waals surface area contributed by atoms with Crippen LogP contribution in [0.25, 0.3) is 0 Å². The van der Waals surface area contributed by atoms with Crippen molar-refractivity contribution in [1.29, 1.82) is 0 Å². The molecule has 1 heterocycles. The van der Waals surface area contributed by atoms with Gasteiger partial charge in [-0.05, 0) is 51.3 Å². The molecule has 1 aliphatic rings. The highest BCUT2D eigenvalue weighted by molar-refractivity contribution is 5.69. The average molecular weight is 265 g/mol. The first kappa shape index (κ1) is 13.8. The topological polar surface area (TPSA) is 29.5 Å². The summed E-state index contributed by atoms with van der Waals surface area (Å²) in [6.45, 7) is 6.26.